The van der Waals surface area contributed by atoms with Crippen molar-refractivity contribution in [2.45, 2.75) is 51.2 Å². The average Bonchev–Trinajstić information content (AvgIpc) is 2.87. The van der Waals surface area contributed by atoms with E-state index in [-0.39, 0.29) is 0 Å². The van der Waals surface area contributed by atoms with E-state index in [1.54, 1.807) is 30.5 Å². The van der Waals surface area contributed by atoms with Crippen LogP contribution in [-0.2, 0) is 4.79 Å². The number of rotatable bonds is 9. The van der Waals surface area contributed by atoms with E-state index in [1.807, 2.05) is 0 Å². The van der Waals surface area contributed by atoms with Gasteiger partial charge in [0.05, 0.1) is 23.4 Å². The van der Waals surface area contributed by atoms with E-state index in [9.17, 15) is 9.90 Å². The van der Waals surface area contributed by atoms with Crippen LogP contribution in [0.3, 0.4) is 0 Å². The summed E-state index contributed by atoms with van der Waals surface area (Å²) in [5.74, 6) is 6.81. The first kappa shape index (κ1) is 26.0. The number of hydrogen-bond donors (Lipinski definition) is 4. The fourth-order valence-corrected chi connectivity index (χ4v) is 3.57. The molecule has 9 nitrogen and oxygen atoms in total. The summed E-state index contributed by atoms with van der Waals surface area (Å²) >= 11 is 0. The summed E-state index contributed by atoms with van der Waals surface area (Å²) in [5, 5.41) is 28.6. The third-order valence-electron chi connectivity index (χ3n) is 5.60. The van der Waals surface area contributed by atoms with Gasteiger partial charge in [0.25, 0.3) is 5.91 Å². The molecule has 0 saturated carbocycles. The number of piperidine rings is 1. The van der Waals surface area contributed by atoms with Crippen LogP contribution in [0, 0.1) is 23.2 Å². The number of carbonyl (C=O) groups is 1. The van der Waals surface area contributed by atoms with Crippen LogP contribution in [0.2, 0.25) is 0 Å². The van der Waals surface area contributed by atoms with E-state index in [0.717, 1.165) is 31.5 Å². The maximum atomic E-state index is 12.4. The summed E-state index contributed by atoms with van der Waals surface area (Å²) < 4.78 is 0. The second-order valence-corrected chi connectivity index (χ2v) is 8.33. The molecule has 1 aliphatic heterocycles. The number of aromatic nitrogens is 2. The fourth-order valence-electron chi connectivity index (χ4n) is 3.57. The van der Waals surface area contributed by atoms with Crippen molar-refractivity contribution in [2.75, 3.05) is 30.3 Å². The van der Waals surface area contributed by atoms with Gasteiger partial charge in [0.15, 0.2) is 13.7 Å². The number of unbranched alkanes of at least 4 members (excludes halogenated alkanes) is 1. The van der Waals surface area contributed by atoms with Crippen LogP contribution in [-0.4, -0.2) is 59.1 Å². The number of hydrogen-bond acceptors (Lipinski definition) is 8. The lowest BCUT2D eigenvalue weighted by atomic mass is 9.94. The molecule has 2 radical (unpaired) electrons. The van der Waals surface area contributed by atoms with Gasteiger partial charge in [-0.2, -0.15) is 10.2 Å². The molecule has 1 aromatic carbocycles. The molecule has 0 unspecified atom stereocenters. The monoisotopic (exact) mass is 471 g/mol. The van der Waals surface area contributed by atoms with Gasteiger partial charge in [-0.05, 0) is 62.9 Å². The molecule has 2 heterocycles. The molecule has 0 spiro atoms. The molecule has 1 aromatic heterocycles. The molecule has 1 aliphatic rings. The van der Waals surface area contributed by atoms with Crippen molar-refractivity contribution < 1.29 is 9.90 Å². The Bertz CT molecular complexity index is 1110. The van der Waals surface area contributed by atoms with Gasteiger partial charge in [-0.3, -0.25) is 4.79 Å². The smallest absolute Gasteiger partial charge is 0.266 e. The van der Waals surface area contributed by atoms with E-state index in [4.69, 9.17) is 13.2 Å². The van der Waals surface area contributed by atoms with E-state index in [2.05, 4.69) is 50.8 Å². The maximum absolute atomic E-state index is 12.4. The highest BCUT2D eigenvalue weighted by Gasteiger charge is 2.40. The molecule has 180 valence electrons. The summed E-state index contributed by atoms with van der Waals surface area (Å²) in [6.45, 7) is 3.70. The third-order valence-corrected chi connectivity index (χ3v) is 5.60. The van der Waals surface area contributed by atoms with Crippen molar-refractivity contribution in [1.29, 1.82) is 5.26 Å². The number of benzene rings is 1. The highest BCUT2D eigenvalue weighted by Crippen LogP contribution is 2.24. The Hall–Kier alpha value is -3.60. The Labute approximate surface area is 207 Å². The quantitative estimate of drug-likeness (QED) is 0.250. The van der Waals surface area contributed by atoms with Gasteiger partial charge in [-0.25, -0.2) is 4.98 Å². The van der Waals surface area contributed by atoms with Crippen LogP contribution >= 0.6 is 0 Å². The molecule has 0 bridgehead atoms. The van der Waals surface area contributed by atoms with Gasteiger partial charge in [-0.15, -0.1) is 0 Å². The van der Waals surface area contributed by atoms with Gasteiger partial charge < -0.3 is 25.9 Å². The third kappa shape index (κ3) is 7.19. The van der Waals surface area contributed by atoms with Crippen molar-refractivity contribution in [3.8, 4) is 17.9 Å². The van der Waals surface area contributed by atoms with Gasteiger partial charge in [0.2, 0.25) is 5.95 Å². The zero-order chi connectivity index (χ0) is 25.1. The van der Waals surface area contributed by atoms with E-state index < -0.39 is 11.6 Å². The van der Waals surface area contributed by atoms with E-state index in [0.29, 0.717) is 55.2 Å². The molecule has 1 amide bonds. The largest absolute Gasteiger partial charge is 0.369 e. The topological polar surface area (TPSA) is 126 Å². The predicted octanol–water partition coefficient (Wildman–Crippen LogP) is 2.42. The Morgan fingerprint density at radius 1 is 1.29 bits per heavy atom. The summed E-state index contributed by atoms with van der Waals surface area (Å²) in [6, 6.07) is 9.13. The first-order chi connectivity index (χ1) is 17.0. The van der Waals surface area contributed by atoms with Crippen molar-refractivity contribution >= 4 is 31.3 Å². The second-order valence-electron chi connectivity index (χ2n) is 8.33. The minimum absolute atomic E-state index is 0.332. The molecule has 1 atom stereocenters. The Morgan fingerprint density at radius 2 is 2.09 bits per heavy atom. The SMILES string of the molecule is [B]N1CCCC[C@]1(O)C(=O)NCCCC#Cc1cnc(Nc2ccc(C#N)cc2)nc1NCCC. The highest BCUT2D eigenvalue weighted by atomic mass is 16.3. The van der Waals surface area contributed by atoms with Crippen molar-refractivity contribution in [2.24, 2.45) is 0 Å². The molecule has 3 rings (SSSR count). The standard InChI is InChI=1S/C25H30BN7O2/c1-2-14-28-22-20(18-30-24(32-22)31-21-11-9-19(17-27)10-12-21)8-4-3-6-15-29-23(34)25(35)13-5-7-16-33(25)26/h9-12,18,35H,2-3,5-7,13-16H2,1H3,(H,29,34)(H2,28,30,31,32)/t25-/m0/s1. The van der Waals surface area contributed by atoms with Gasteiger partial charge in [0.1, 0.15) is 5.82 Å². The minimum atomic E-state index is -1.63. The zero-order valence-electron chi connectivity index (χ0n) is 20.0. The van der Waals surface area contributed by atoms with Crippen LogP contribution < -0.4 is 16.0 Å². The number of nitrogens with zero attached hydrogens (tertiary/aromatic N) is 4. The average molecular weight is 471 g/mol. The summed E-state index contributed by atoms with van der Waals surface area (Å²) in [7, 11) is 5.81. The predicted molar refractivity (Wildman–Crippen MR) is 136 cm³/mol. The lowest BCUT2D eigenvalue weighted by Crippen LogP contribution is -2.60. The fraction of sp³-hybridized carbons (Fsp3) is 0.440. The van der Waals surface area contributed by atoms with E-state index >= 15 is 0 Å². The molecular weight excluding hydrogens is 441 g/mol. The van der Waals surface area contributed by atoms with Gasteiger partial charge in [-0.1, -0.05) is 18.8 Å². The summed E-state index contributed by atoms with van der Waals surface area (Å²) in [4.78, 5) is 22.5. The molecule has 2 aromatic rings. The first-order valence-electron chi connectivity index (χ1n) is 11.9. The first-order valence-corrected chi connectivity index (χ1v) is 11.9. The van der Waals surface area contributed by atoms with Crippen molar-refractivity contribution in [1.82, 2.24) is 20.1 Å². The molecule has 4 N–H and O–H groups in total. The lowest BCUT2D eigenvalue weighted by Gasteiger charge is -2.40. The van der Waals surface area contributed by atoms with Gasteiger partial charge >= 0.3 is 0 Å². The number of nitrogens with one attached hydrogen (secondary N) is 3. The van der Waals surface area contributed by atoms with Crippen LogP contribution in [0.15, 0.2) is 30.5 Å². The van der Waals surface area contributed by atoms with Crippen LogP contribution in [0.25, 0.3) is 0 Å². The summed E-state index contributed by atoms with van der Waals surface area (Å²) in [5.41, 5.74) is 0.414. The molecule has 10 heteroatoms. The highest BCUT2D eigenvalue weighted by molar-refractivity contribution is 6.07. The Kier molecular flexibility index (Phi) is 9.48. The summed E-state index contributed by atoms with van der Waals surface area (Å²) in [6.07, 6.45) is 5.76. The number of amides is 1. The lowest BCUT2D eigenvalue weighted by molar-refractivity contribution is -0.158. The molecule has 0 aliphatic carbocycles. The molecule has 1 saturated heterocycles. The molecule has 35 heavy (non-hydrogen) atoms. The normalized spacial score (nSPS) is 17.5. The number of aliphatic hydroxyl groups is 1. The van der Waals surface area contributed by atoms with Crippen molar-refractivity contribution in [3.05, 3.63) is 41.6 Å². The van der Waals surface area contributed by atoms with Crippen LogP contribution in [0.4, 0.5) is 17.5 Å². The van der Waals surface area contributed by atoms with Crippen LogP contribution in [0.1, 0.15) is 56.6 Å². The zero-order valence-corrected chi connectivity index (χ0v) is 20.0. The second kappa shape index (κ2) is 12.8. The Morgan fingerprint density at radius 3 is 2.80 bits per heavy atom. The van der Waals surface area contributed by atoms with E-state index in [1.165, 1.54) is 4.81 Å². The van der Waals surface area contributed by atoms with Gasteiger partial charge in [0, 0.05) is 25.2 Å². The van der Waals surface area contributed by atoms with Crippen LogP contribution in [0.5, 0.6) is 0 Å². The maximum Gasteiger partial charge on any atom is 0.266 e. The minimum Gasteiger partial charge on any atom is -0.369 e. The molecule has 1 fully saturated rings. The number of nitriles is 1. The van der Waals surface area contributed by atoms with Crippen molar-refractivity contribution in [3.63, 3.8) is 0 Å². The Balaban J connectivity index is 1.55. The number of carbonyl (C=O) groups excluding carboxylic acids is 1. The molecular formula is C25H30BN7O2. The number of anilines is 3.